The van der Waals surface area contributed by atoms with Crippen LogP contribution in [0.1, 0.15) is 54.2 Å². The van der Waals surface area contributed by atoms with Gasteiger partial charge in [0.2, 0.25) is 8.41 Å². The lowest BCUT2D eigenvalue weighted by Crippen LogP contribution is -2.45. The fourth-order valence-electron chi connectivity index (χ4n) is 6.99. The first-order valence-electron chi connectivity index (χ1n) is 15.8. The maximum atomic E-state index is 16.2. The minimum Gasteiger partial charge on any atom is -0.469 e. The van der Waals surface area contributed by atoms with Gasteiger partial charge in [0, 0.05) is 67.0 Å². The highest BCUT2D eigenvalue weighted by molar-refractivity contribution is 6.72. The van der Waals surface area contributed by atoms with Gasteiger partial charge in [0.15, 0.2) is 5.60 Å². The molecule has 3 heterocycles. The summed E-state index contributed by atoms with van der Waals surface area (Å²) in [6.45, 7) is 5.90. The first-order chi connectivity index (χ1) is 22.0. The molecule has 4 atom stereocenters. The molecule has 1 aromatic heterocycles. The van der Waals surface area contributed by atoms with Crippen LogP contribution in [0.3, 0.4) is 0 Å². The third kappa shape index (κ3) is 6.62. The van der Waals surface area contributed by atoms with Gasteiger partial charge >= 0.3 is 5.97 Å². The van der Waals surface area contributed by atoms with Gasteiger partial charge in [-0.25, -0.2) is 0 Å². The van der Waals surface area contributed by atoms with E-state index in [-0.39, 0.29) is 30.8 Å². The van der Waals surface area contributed by atoms with Crippen LogP contribution in [-0.4, -0.2) is 72.7 Å². The van der Waals surface area contributed by atoms with Crippen LogP contribution in [-0.2, 0) is 37.6 Å². The van der Waals surface area contributed by atoms with E-state index in [4.69, 9.17) is 9.47 Å². The van der Waals surface area contributed by atoms with E-state index in [2.05, 4.69) is 15.6 Å². The summed E-state index contributed by atoms with van der Waals surface area (Å²) in [4.78, 5) is 41.0. The second-order valence-electron chi connectivity index (χ2n) is 12.5. The molecular formula is C33H42FN5O6Si. The molecule has 11 nitrogen and oxygen atoms in total. The summed E-state index contributed by atoms with van der Waals surface area (Å²) in [5.41, 5.74) is 0.930. The number of anilines is 2. The van der Waals surface area contributed by atoms with Gasteiger partial charge in [0.25, 0.3) is 11.8 Å². The van der Waals surface area contributed by atoms with E-state index in [9.17, 15) is 19.5 Å². The highest BCUT2D eigenvalue weighted by atomic mass is 28.4. The number of methoxy groups -OCH3 is 1. The molecule has 13 heteroatoms. The predicted octanol–water partition coefficient (Wildman–Crippen LogP) is 4.62. The smallest absolute Gasteiger partial charge is 0.305 e. The Labute approximate surface area is 269 Å². The van der Waals surface area contributed by atoms with Gasteiger partial charge in [-0.2, -0.15) is 0 Å². The van der Waals surface area contributed by atoms with Crippen molar-refractivity contribution in [1.82, 2.24) is 15.0 Å². The van der Waals surface area contributed by atoms with E-state index in [0.29, 0.717) is 67.0 Å². The molecule has 1 spiro atoms. The van der Waals surface area contributed by atoms with Crippen molar-refractivity contribution < 1.29 is 33.1 Å². The Kier molecular flexibility index (Phi) is 10.0. The zero-order valence-electron chi connectivity index (χ0n) is 26.7. The number of benzene rings is 2. The molecule has 5 rings (SSSR count). The molecule has 2 N–H and O–H groups in total. The number of unbranched alkanes of at least 4 members (excludes halogenated alkanes) is 1. The minimum absolute atomic E-state index is 0.0390. The Morgan fingerprint density at radius 2 is 1.91 bits per heavy atom. The van der Waals surface area contributed by atoms with Crippen molar-refractivity contribution in [1.29, 1.82) is 0 Å². The second-order valence-corrected chi connectivity index (χ2v) is 16.3. The third-order valence-electron chi connectivity index (χ3n) is 9.09. The number of carbonyl (C=O) groups is 3. The van der Waals surface area contributed by atoms with Crippen LogP contribution < -0.4 is 10.2 Å². The topological polar surface area (TPSA) is 136 Å². The number of aliphatic hydroxyl groups excluding tert-OH is 1. The Balaban J connectivity index is 1.48. The van der Waals surface area contributed by atoms with Crippen molar-refractivity contribution >= 4 is 37.6 Å². The SMILES string of the molecule is COC(=O)CCCCN1C(=O)[C@]2(O[C@H](CCn3cc(CCO)nn3)[C@@H]([Si](C)(C)F)[C@@H]2C)c2cc(NC(=O)c3ccccc3)ccc21. The maximum absolute atomic E-state index is 16.2. The summed E-state index contributed by atoms with van der Waals surface area (Å²) in [6, 6.07) is 14.2. The van der Waals surface area contributed by atoms with Crippen LogP contribution in [0.5, 0.6) is 0 Å². The number of aliphatic hydroxyl groups is 1. The first-order valence-corrected chi connectivity index (χ1v) is 18.7. The number of carbonyl (C=O) groups excluding carboxylic acids is 3. The Hall–Kier alpha value is -3.94. The number of nitrogens with zero attached hydrogens (tertiary/aromatic N) is 4. The summed E-state index contributed by atoms with van der Waals surface area (Å²) < 4.78 is 29.5. The maximum Gasteiger partial charge on any atom is 0.305 e. The third-order valence-corrected chi connectivity index (χ3v) is 11.5. The van der Waals surface area contributed by atoms with Gasteiger partial charge in [-0.3, -0.25) is 19.1 Å². The van der Waals surface area contributed by atoms with Crippen LogP contribution >= 0.6 is 0 Å². The molecule has 2 aliphatic heterocycles. The number of esters is 1. The number of aryl methyl sites for hydroxylation is 1. The number of halogens is 1. The van der Waals surface area contributed by atoms with Crippen LogP contribution in [0, 0.1) is 5.92 Å². The number of hydrogen-bond donors (Lipinski definition) is 2. The molecular weight excluding hydrogens is 609 g/mol. The molecule has 2 aromatic carbocycles. The average molecular weight is 652 g/mol. The van der Waals surface area contributed by atoms with E-state index in [0.717, 1.165) is 0 Å². The molecule has 0 bridgehead atoms. The minimum atomic E-state index is -3.39. The first kappa shape index (κ1) is 33.4. The van der Waals surface area contributed by atoms with Crippen molar-refractivity contribution in [2.24, 2.45) is 5.92 Å². The Morgan fingerprint density at radius 3 is 2.61 bits per heavy atom. The lowest BCUT2D eigenvalue weighted by atomic mass is 9.82. The van der Waals surface area contributed by atoms with Crippen LogP contribution in [0.25, 0.3) is 0 Å². The van der Waals surface area contributed by atoms with Gasteiger partial charge in [-0.05, 0) is 62.7 Å². The average Bonchev–Trinajstić information content (AvgIpc) is 3.68. The number of ether oxygens (including phenoxy) is 2. The van der Waals surface area contributed by atoms with Crippen LogP contribution in [0.15, 0.2) is 54.7 Å². The Bertz CT molecular complexity index is 1560. The quantitative estimate of drug-likeness (QED) is 0.118. The van der Waals surface area contributed by atoms with E-state index in [1.807, 2.05) is 13.0 Å². The fourth-order valence-corrected chi connectivity index (χ4v) is 9.53. The zero-order chi connectivity index (χ0) is 33.1. The molecule has 0 saturated carbocycles. The summed E-state index contributed by atoms with van der Waals surface area (Å²) in [5, 5.41) is 20.4. The van der Waals surface area contributed by atoms with E-state index in [1.54, 1.807) is 71.3 Å². The van der Waals surface area contributed by atoms with Gasteiger partial charge in [0.1, 0.15) is 0 Å². The van der Waals surface area contributed by atoms with Gasteiger partial charge < -0.3 is 28.9 Å². The summed E-state index contributed by atoms with van der Waals surface area (Å²) in [5.74, 6) is -1.37. The monoisotopic (exact) mass is 651 g/mol. The van der Waals surface area contributed by atoms with E-state index in [1.165, 1.54) is 7.11 Å². The van der Waals surface area contributed by atoms with Crippen molar-refractivity contribution in [2.45, 2.75) is 75.9 Å². The number of rotatable bonds is 13. The molecule has 246 valence electrons. The molecule has 0 aliphatic carbocycles. The summed E-state index contributed by atoms with van der Waals surface area (Å²) >= 11 is 0. The van der Waals surface area contributed by atoms with Crippen molar-refractivity contribution in [3.63, 3.8) is 0 Å². The highest BCUT2D eigenvalue weighted by Gasteiger charge is 2.66. The van der Waals surface area contributed by atoms with Gasteiger partial charge in [-0.1, -0.05) is 30.3 Å². The van der Waals surface area contributed by atoms with Crippen molar-refractivity contribution in [3.05, 3.63) is 71.5 Å². The standard InChI is InChI=1S/C33H42FN5O6Si/c1-22-30(46(3,4)34)28(15-18-38-21-25(16-19-40)36-37-38)45-33(22)26-20-24(35-31(42)23-10-6-5-7-11-23)13-14-27(26)39(32(33)43)17-9-8-12-29(41)44-2/h5-7,10-11,13-14,20-22,28,30,40H,8-9,12,15-19H2,1-4H3,(H,35,42)/t22-,28+,30-,33+/m0/s1. The molecule has 0 unspecified atom stereocenters. The largest absolute Gasteiger partial charge is 0.469 e. The lowest BCUT2D eigenvalue weighted by molar-refractivity contribution is -0.146. The predicted molar refractivity (Wildman–Crippen MR) is 173 cm³/mol. The molecule has 46 heavy (non-hydrogen) atoms. The number of hydrogen-bond acceptors (Lipinski definition) is 8. The number of amides is 2. The van der Waals surface area contributed by atoms with Gasteiger partial charge in [0.05, 0.1) is 24.6 Å². The lowest BCUT2D eigenvalue weighted by Gasteiger charge is -2.31. The second kappa shape index (κ2) is 13.8. The molecule has 1 saturated heterocycles. The molecule has 1 fully saturated rings. The van der Waals surface area contributed by atoms with E-state index >= 15 is 4.11 Å². The highest BCUT2D eigenvalue weighted by Crippen LogP contribution is 2.60. The van der Waals surface area contributed by atoms with E-state index < -0.39 is 31.6 Å². The Morgan fingerprint density at radius 1 is 1.15 bits per heavy atom. The molecule has 0 radical (unpaired) electrons. The number of fused-ring (bicyclic) bond motifs is 2. The van der Waals surface area contributed by atoms with Gasteiger partial charge in [-0.15, -0.1) is 5.10 Å². The van der Waals surface area contributed by atoms with Crippen LogP contribution in [0.4, 0.5) is 15.5 Å². The molecule has 2 amide bonds. The number of aromatic nitrogens is 3. The van der Waals surface area contributed by atoms with Crippen molar-refractivity contribution in [3.8, 4) is 0 Å². The molecule has 2 aliphatic rings. The normalized spacial score (nSPS) is 22.3. The van der Waals surface area contributed by atoms with Crippen molar-refractivity contribution in [2.75, 3.05) is 30.5 Å². The zero-order valence-corrected chi connectivity index (χ0v) is 27.7. The summed E-state index contributed by atoms with van der Waals surface area (Å²) in [6.07, 6.45) is 3.29. The van der Waals surface area contributed by atoms with Crippen LogP contribution in [0.2, 0.25) is 18.6 Å². The summed E-state index contributed by atoms with van der Waals surface area (Å²) in [7, 11) is -2.04. The number of nitrogens with one attached hydrogen (secondary N) is 1. The molecule has 3 aromatic rings. The fraction of sp³-hybridized carbons (Fsp3) is 0.485.